The van der Waals surface area contributed by atoms with Crippen LogP contribution in [0, 0.1) is 11.3 Å². The molecule has 0 rings (SSSR count). The van der Waals surface area contributed by atoms with Gasteiger partial charge in [-0.3, -0.25) is 0 Å². The first kappa shape index (κ1) is 20.8. The van der Waals surface area contributed by atoms with Crippen LogP contribution in [0.3, 0.4) is 0 Å². The molecule has 0 aromatic rings. The molecule has 0 saturated heterocycles. The molecule has 0 aromatic heterocycles. The quantitative estimate of drug-likeness (QED) is 0.403. The van der Waals surface area contributed by atoms with Crippen molar-refractivity contribution in [3.05, 3.63) is 0 Å². The first-order valence-electron chi connectivity index (χ1n) is 7.61. The number of ether oxygens (including phenoxy) is 3. The Kier molecular flexibility index (Phi) is 12.2. The van der Waals surface area contributed by atoms with Crippen molar-refractivity contribution in [2.75, 3.05) is 52.9 Å². The molecule has 0 radical (unpaired) electrons. The van der Waals surface area contributed by atoms with E-state index in [0.29, 0.717) is 32.8 Å². The van der Waals surface area contributed by atoms with Gasteiger partial charge in [0.1, 0.15) is 6.10 Å². The molecule has 21 heavy (non-hydrogen) atoms. The lowest BCUT2D eigenvalue weighted by Gasteiger charge is -2.33. The minimum atomic E-state index is -0.383. The van der Waals surface area contributed by atoms with Crippen molar-refractivity contribution >= 4 is 0 Å². The first-order valence-corrected chi connectivity index (χ1v) is 7.61. The van der Waals surface area contributed by atoms with Crippen LogP contribution in [-0.2, 0) is 14.2 Å². The summed E-state index contributed by atoms with van der Waals surface area (Å²) in [7, 11) is 0. The van der Waals surface area contributed by atoms with Gasteiger partial charge in [-0.05, 0) is 18.8 Å². The number of aliphatic hydroxyl groups is 3. The van der Waals surface area contributed by atoms with Crippen LogP contribution >= 0.6 is 0 Å². The first-order chi connectivity index (χ1) is 10.0. The fourth-order valence-corrected chi connectivity index (χ4v) is 1.82. The maximum absolute atomic E-state index is 9.46. The predicted molar refractivity (Wildman–Crippen MR) is 80.2 cm³/mol. The Hall–Kier alpha value is -0.240. The van der Waals surface area contributed by atoms with Gasteiger partial charge < -0.3 is 29.5 Å². The van der Waals surface area contributed by atoms with Gasteiger partial charge in [0.25, 0.3) is 0 Å². The third-order valence-electron chi connectivity index (χ3n) is 3.49. The minimum absolute atomic E-state index is 0.000309. The summed E-state index contributed by atoms with van der Waals surface area (Å²) in [5.41, 5.74) is -0.227. The highest BCUT2D eigenvalue weighted by Gasteiger charge is 2.29. The van der Waals surface area contributed by atoms with E-state index in [-0.39, 0.29) is 43.9 Å². The van der Waals surface area contributed by atoms with E-state index >= 15 is 0 Å². The smallest absolute Gasteiger partial charge is 0.104 e. The lowest BCUT2D eigenvalue weighted by atomic mass is 9.80. The maximum atomic E-state index is 9.46. The topological polar surface area (TPSA) is 88.4 Å². The van der Waals surface area contributed by atoms with Gasteiger partial charge in [-0.1, -0.05) is 13.8 Å². The van der Waals surface area contributed by atoms with Crippen molar-refractivity contribution in [1.29, 1.82) is 0 Å². The SMILES string of the molecule is CCOCC(CO)C(C)(C)COCC(CO)OCCCO. The van der Waals surface area contributed by atoms with E-state index in [4.69, 9.17) is 19.3 Å². The molecular weight excluding hydrogens is 276 g/mol. The van der Waals surface area contributed by atoms with Gasteiger partial charge in [-0.25, -0.2) is 0 Å². The summed E-state index contributed by atoms with van der Waals surface area (Å²) in [4.78, 5) is 0. The Morgan fingerprint density at radius 1 is 1.00 bits per heavy atom. The maximum Gasteiger partial charge on any atom is 0.104 e. The van der Waals surface area contributed by atoms with Gasteiger partial charge in [-0.2, -0.15) is 0 Å². The summed E-state index contributed by atoms with van der Waals surface area (Å²) in [6.07, 6.45) is 0.162. The number of hydrogen-bond donors (Lipinski definition) is 3. The highest BCUT2D eigenvalue weighted by atomic mass is 16.5. The summed E-state index contributed by atoms with van der Waals surface area (Å²) < 4.78 is 16.4. The number of hydrogen-bond acceptors (Lipinski definition) is 6. The Morgan fingerprint density at radius 3 is 2.24 bits per heavy atom. The number of aliphatic hydroxyl groups excluding tert-OH is 3. The highest BCUT2D eigenvalue weighted by Crippen LogP contribution is 2.27. The average molecular weight is 308 g/mol. The molecule has 6 nitrogen and oxygen atoms in total. The Morgan fingerprint density at radius 2 is 1.71 bits per heavy atom. The molecular formula is C15H32O6. The molecule has 0 saturated carbocycles. The van der Waals surface area contributed by atoms with E-state index in [9.17, 15) is 10.2 Å². The van der Waals surface area contributed by atoms with Crippen LogP contribution in [0.2, 0.25) is 0 Å². The lowest BCUT2D eigenvalue weighted by molar-refractivity contribution is -0.0764. The summed E-state index contributed by atoms with van der Waals surface area (Å²) in [5, 5.41) is 27.3. The van der Waals surface area contributed by atoms with Gasteiger partial charge >= 0.3 is 0 Å². The molecule has 0 bridgehead atoms. The average Bonchev–Trinajstić information content (AvgIpc) is 2.46. The van der Waals surface area contributed by atoms with E-state index in [1.807, 2.05) is 20.8 Å². The van der Waals surface area contributed by atoms with Crippen molar-refractivity contribution in [2.24, 2.45) is 11.3 Å². The van der Waals surface area contributed by atoms with E-state index < -0.39 is 0 Å². The second kappa shape index (κ2) is 12.3. The van der Waals surface area contributed by atoms with Gasteiger partial charge in [-0.15, -0.1) is 0 Å². The van der Waals surface area contributed by atoms with E-state index in [2.05, 4.69) is 0 Å². The monoisotopic (exact) mass is 308 g/mol. The van der Waals surface area contributed by atoms with Crippen LogP contribution in [0.25, 0.3) is 0 Å². The molecule has 6 heteroatoms. The predicted octanol–water partition coefficient (Wildman–Crippen LogP) is 0.434. The lowest BCUT2D eigenvalue weighted by Crippen LogP contribution is -2.36. The van der Waals surface area contributed by atoms with Crippen LogP contribution in [0.15, 0.2) is 0 Å². The molecule has 0 amide bonds. The summed E-state index contributed by atoms with van der Waals surface area (Å²) in [6.45, 7) is 8.23. The molecule has 0 aliphatic carbocycles. The molecule has 0 spiro atoms. The molecule has 0 heterocycles. The van der Waals surface area contributed by atoms with Gasteiger partial charge in [0, 0.05) is 32.3 Å². The summed E-state index contributed by atoms with van der Waals surface area (Å²) >= 11 is 0. The van der Waals surface area contributed by atoms with E-state index in [1.165, 1.54) is 0 Å². The summed E-state index contributed by atoms with van der Waals surface area (Å²) in [5.74, 6) is 0.000309. The third-order valence-corrected chi connectivity index (χ3v) is 3.49. The normalized spacial score (nSPS) is 15.1. The molecule has 2 unspecified atom stereocenters. The second-order valence-electron chi connectivity index (χ2n) is 5.80. The fraction of sp³-hybridized carbons (Fsp3) is 1.00. The summed E-state index contributed by atoms with van der Waals surface area (Å²) in [6, 6.07) is 0. The zero-order valence-corrected chi connectivity index (χ0v) is 13.6. The molecule has 2 atom stereocenters. The van der Waals surface area contributed by atoms with Crippen molar-refractivity contribution < 1.29 is 29.5 Å². The van der Waals surface area contributed by atoms with E-state index in [0.717, 1.165) is 0 Å². The van der Waals surface area contributed by atoms with Crippen molar-refractivity contribution in [3.63, 3.8) is 0 Å². The van der Waals surface area contributed by atoms with Crippen LogP contribution in [0.5, 0.6) is 0 Å². The largest absolute Gasteiger partial charge is 0.396 e. The molecule has 0 aliphatic rings. The molecule has 128 valence electrons. The number of rotatable bonds is 14. The van der Waals surface area contributed by atoms with Crippen molar-refractivity contribution in [3.8, 4) is 0 Å². The molecule has 3 N–H and O–H groups in total. The second-order valence-corrected chi connectivity index (χ2v) is 5.80. The van der Waals surface area contributed by atoms with Crippen LogP contribution in [0.1, 0.15) is 27.2 Å². The van der Waals surface area contributed by atoms with Crippen LogP contribution in [0.4, 0.5) is 0 Å². The van der Waals surface area contributed by atoms with Crippen molar-refractivity contribution in [2.45, 2.75) is 33.3 Å². The van der Waals surface area contributed by atoms with Crippen LogP contribution < -0.4 is 0 Å². The Balaban J connectivity index is 4.08. The third kappa shape index (κ3) is 9.39. The molecule has 0 aliphatic heterocycles. The highest BCUT2D eigenvalue weighted by molar-refractivity contribution is 4.78. The van der Waals surface area contributed by atoms with Gasteiger partial charge in [0.05, 0.1) is 26.4 Å². The zero-order chi connectivity index (χ0) is 16.1. The van der Waals surface area contributed by atoms with Crippen molar-refractivity contribution in [1.82, 2.24) is 0 Å². The Labute approximate surface area is 128 Å². The van der Waals surface area contributed by atoms with Gasteiger partial charge in [0.2, 0.25) is 0 Å². The van der Waals surface area contributed by atoms with Crippen LogP contribution in [-0.4, -0.2) is 74.3 Å². The standard InChI is InChI=1S/C15H32O6/c1-4-19-10-13(8-17)15(2,3)12-20-11-14(9-18)21-7-5-6-16/h13-14,16-18H,4-12H2,1-3H3. The minimum Gasteiger partial charge on any atom is -0.396 e. The fourth-order valence-electron chi connectivity index (χ4n) is 1.82. The van der Waals surface area contributed by atoms with Gasteiger partial charge in [0.15, 0.2) is 0 Å². The zero-order valence-electron chi connectivity index (χ0n) is 13.6. The molecule has 0 fully saturated rings. The van der Waals surface area contributed by atoms with E-state index in [1.54, 1.807) is 0 Å². The molecule has 0 aromatic carbocycles. The Bertz CT molecular complexity index is 234.